The topological polar surface area (TPSA) is 43.9 Å². The summed E-state index contributed by atoms with van der Waals surface area (Å²) in [6, 6.07) is 47.9. The number of para-hydroxylation sites is 4. The summed E-state index contributed by atoms with van der Waals surface area (Å²) >= 11 is 0. The third-order valence-electron chi connectivity index (χ3n) is 11.3. The molecule has 267 valence electrons. The van der Waals surface area contributed by atoms with Crippen molar-refractivity contribution in [2.45, 2.75) is 51.7 Å². The first-order valence-corrected chi connectivity index (χ1v) is 22.2. The van der Waals surface area contributed by atoms with Gasteiger partial charge in [-0.15, -0.1) is 54.1 Å². The molecule has 2 bridgehead atoms. The predicted octanol–water partition coefficient (Wildman–Crippen LogP) is 11.5. The van der Waals surface area contributed by atoms with Crippen molar-refractivity contribution in [1.82, 2.24) is 14.5 Å². The van der Waals surface area contributed by atoms with Crippen molar-refractivity contribution in [3.05, 3.63) is 145 Å². The second-order valence-corrected chi connectivity index (χ2v) is 20.7. The van der Waals surface area contributed by atoms with Crippen molar-refractivity contribution in [2.24, 2.45) is 17.8 Å². The molecule has 2 aliphatic carbocycles. The van der Waals surface area contributed by atoms with E-state index < -0.39 is 8.07 Å². The van der Waals surface area contributed by atoms with Gasteiger partial charge in [0.25, 0.3) is 0 Å². The van der Waals surface area contributed by atoms with Crippen LogP contribution in [-0.4, -0.2) is 22.6 Å². The number of pyridine rings is 1. The number of fused-ring (bicyclic) bond motifs is 6. The number of benzene rings is 5. The molecule has 0 spiro atoms. The van der Waals surface area contributed by atoms with E-state index in [1.807, 2.05) is 72.8 Å². The molecular formula is C47H43IrN3OSi-2. The molecule has 6 heteroatoms. The Morgan fingerprint density at radius 1 is 0.792 bits per heavy atom. The molecular weight excluding hydrogens is 843 g/mol. The second-order valence-electron chi connectivity index (χ2n) is 15.7. The molecule has 0 N–H and O–H groups in total. The molecule has 53 heavy (non-hydrogen) atoms. The average molecular weight is 886 g/mol. The Bertz CT molecular complexity index is 2520. The van der Waals surface area contributed by atoms with Gasteiger partial charge in [0.05, 0.1) is 30.5 Å². The Kier molecular flexibility index (Phi) is 9.80. The molecule has 3 atom stereocenters. The zero-order chi connectivity index (χ0) is 35.2. The monoisotopic (exact) mass is 886 g/mol. The SMILES string of the molecule is C[Si](C)(C)c1cnc(-c2[c-]cccc2)cc1CC1CC2CCC1C2.[Ir].[c-]1ccc2c(oc3ccccc32)c1-c1nc2ccccc2n1-c1ccccc1. The summed E-state index contributed by atoms with van der Waals surface area (Å²) in [5.74, 6) is 3.76. The third kappa shape index (κ3) is 6.85. The van der Waals surface area contributed by atoms with Gasteiger partial charge in [0, 0.05) is 37.4 Å². The van der Waals surface area contributed by atoms with E-state index in [2.05, 4.69) is 91.1 Å². The number of nitrogens with zero attached hydrogens (tertiary/aromatic N) is 3. The van der Waals surface area contributed by atoms with Gasteiger partial charge < -0.3 is 14.0 Å². The summed E-state index contributed by atoms with van der Waals surface area (Å²) in [4.78, 5) is 9.75. The van der Waals surface area contributed by atoms with Crippen LogP contribution in [0.15, 0.2) is 132 Å². The average Bonchev–Trinajstić information content (AvgIpc) is 3.97. The minimum absolute atomic E-state index is 0. The number of imidazole rings is 1. The van der Waals surface area contributed by atoms with Gasteiger partial charge in [0.15, 0.2) is 0 Å². The van der Waals surface area contributed by atoms with Gasteiger partial charge in [0.1, 0.15) is 5.58 Å². The van der Waals surface area contributed by atoms with E-state index in [-0.39, 0.29) is 20.1 Å². The Labute approximate surface area is 326 Å². The molecule has 8 aromatic rings. The smallest absolute Gasteiger partial charge is 0.120 e. The first kappa shape index (κ1) is 35.4. The van der Waals surface area contributed by atoms with Crippen LogP contribution in [0.1, 0.15) is 31.2 Å². The molecule has 3 heterocycles. The van der Waals surface area contributed by atoms with Crippen molar-refractivity contribution in [3.8, 4) is 28.3 Å². The van der Waals surface area contributed by atoms with Gasteiger partial charge in [-0.05, 0) is 84.6 Å². The van der Waals surface area contributed by atoms with Crippen molar-refractivity contribution in [1.29, 1.82) is 0 Å². The largest absolute Gasteiger partial charge is 0.501 e. The normalized spacial score (nSPS) is 17.9. The van der Waals surface area contributed by atoms with Crippen LogP contribution in [0, 0.1) is 29.9 Å². The van der Waals surface area contributed by atoms with Crippen molar-refractivity contribution >= 4 is 46.2 Å². The van der Waals surface area contributed by atoms with Crippen LogP contribution in [0.3, 0.4) is 0 Å². The first-order chi connectivity index (χ1) is 25.4. The molecule has 3 unspecified atom stereocenters. The molecule has 1 radical (unpaired) electrons. The number of rotatable bonds is 6. The molecule has 4 nitrogen and oxygen atoms in total. The zero-order valence-corrected chi connectivity index (χ0v) is 33.9. The minimum Gasteiger partial charge on any atom is -0.501 e. The summed E-state index contributed by atoms with van der Waals surface area (Å²) < 4.78 is 8.41. The molecule has 0 saturated heterocycles. The number of hydrogen-bond acceptors (Lipinski definition) is 3. The third-order valence-corrected chi connectivity index (χ3v) is 13.4. The van der Waals surface area contributed by atoms with Crippen LogP contribution in [0.25, 0.3) is 61.3 Å². The minimum atomic E-state index is -1.37. The molecule has 0 aliphatic heterocycles. The maximum Gasteiger partial charge on any atom is 0.120 e. The maximum atomic E-state index is 6.24. The summed E-state index contributed by atoms with van der Waals surface area (Å²) in [6.45, 7) is 7.34. The van der Waals surface area contributed by atoms with Gasteiger partial charge in [0.2, 0.25) is 0 Å². The van der Waals surface area contributed by atoms with Crippen molar-refractivity contribution in [2.75, 3.05) is 0 Å². The fourth-order valence-electron chi connectivity index (χ4n) is 8.84. The first-order valence-electron chi connectivity index (χ1n) is 18.7. The number of furan rings is 1. The Hall–Kier alpha value is -4.61. The van der Waals surface area contributed by atoms with Crippen LogP contribution in [0.5, 0.6) is 0 Å². The van der Waals surface area contributed by atoms with E-state index in [1.54, 1.807) is 10.8 Å². The van der Waals surface area contributed by atoms with E-state index in [9.17, 15) is 0 Å². The van der Waals surface area contributed by atoms with Crippen LogP contribution in [0.4, 0.5) is 0 Å². The van der Waals surface area contributed by atoms with Crippen LogP contribution >= 0.6 is 0 Å². The van der Waals surface area contributed by atoms with E-state index >= 15 is 0 Å². The van der Waals surface area contributed by atoms with Crippen molar-refractivity contribution in [3.63, 3.8) is 0 Å². The quantitative estimate of drug-likeness (QED) is 0.123. The molecule has 5 aromatic carbocycles. The number of aromatic nitrogens is 3. The number of hydrogen-bond donors (Lipinski definition) is 0. The van der Waals surface area contributed by atoms with Crippen LogP contribution < -0.4 is 5.19 Å². The summed E-state index contributed by atoms with van der Waals surface area (Å²) in [6.07, 6.45) is 9.38. The maximum absolute atomic E-state index is 6.24. The van der Waals surface area contributed by atoms with Crippen molar-refractivity contribution < 1.29 is 24.5 Å². The molecule has 2 saturated carbocycles. The summed E-state index contributed by atoms with van der Waals surface area (Å²) in [5.41, 5.74) is 9.42. The van der Waals surface area contributed by atoms with Gasteiger partial charge in [-0.2, -0.15) is 0 Å². The molecule has 3 aromatic heterocycles. The van der Waals surface area contributed by atoms with Gasteiger partial charge >= 0.3 is 0 Å². The second kappa shape index (κ2) is 14.7. The Morgan fingerprint density at radius 2 is 1.58 bits per heavy atom. The van der Waals surface area contributed by atoms with Gasteiger partial charge in [-0.25, -0.2) is 0 Å². The van der Waals surface area contributed by atoms with Gasteiger partial charge in [-0.3, -0.25) is 4.98 Å². The molecule has 10 rings (SSSR count). The zero-order valence-electron chi connectivity index (χ0n) is 30.5. The molecule has 2 fully saturated rings. The molecule has 0 amide bonds. The fourth-order valence-corrected chi connectivity index (χ4v) is 10.4. The standard InChI is InChI=1S/C25H15N2O.C22H28NSi.Ir/c1-2-9-17(10-3-1)27-22-15-6-5-14-21(22)26-25(27)20-13-8-12-19-18-11-4-7-16-23(18)28-24(19)20;1-24(2,3)22-15-23-21(17-7-5-4-6-8-17)14-20(22)13-19-12-16-9-10-18(19)11-16;/h1-12,14-16H;4-7,14-16,18-19H,9-13H2,1-3H3;/q2*-1;. The van der Waals surface area contributed by atoms with E-state index in [0.717, 1.165) is 79.1 Å². The predicted molar refractivity (Wildman–Crippen MR) is 217 cm³/mol. The van der Waals surface area contributed by atoms with Gasteiger partial charge in [-0.1, -0.05) is 97.2 Å². The summed E-state index contributed by atoms with van der Waals surface area (Å²) in [5, 5.41) is 3.75. The Balaban J connectivity index is 0.000000150. The van der Waals surface area contributed by atoms with Crippen LogP contribution in [0.2, 0.25) is 19.6 Å². The van der Waals surface area contributed by atoms with Crippen LogP contribution in [-0.2, 0) is 26.5 Å². The summed E-state index contributed by atoms with van der Waals surface area (Å²) in [7, 11) is -1.37. The molecule has 2 aliphatic rings. The fraction of sp³-hybridized carbons (Fsp3) is 0.234. The van der Waals surface area contributed by atoms with E-state index in [1.165, 1.54) is 32.1 Å². The van der Waals surface area contributed by atoms with E-state index in [0.29, 0.717) is 0 Å². The Morgan fingerprint density at radius 3 is 2.36 bits per heavy atom. The van der Waals surface area contributed by atoms with E-state index in [4.69, 9.17) is 14.4 Å².